The van der Waals surface area contributed by atoms with Crippen molar-refractivity contribution in [1.29, 1.82) is 0 Å². The molecule has 0 amide bonds. The molecule has 4 aliphatic rings. The molecule has 6 nitrogen and oxygen atoms in total. The number of pyridine rings is 1. The molecule has 0 spiro atoms. The monoisotopic (exact) mass is 406 g/mol. The Morgan fingerprint density at radius 1 is 1.33 bits per heavy atom. The van der Waals surface area contributed by atoms with Gasteiger partial charge in [0.05, 0.1) is 11.3 Å². The number of H-pyrrole nitrogens is 1. The van der Waals surface area contributed by atoms with Crippen molar-refractivity contribution in [2.75, 3.05) is 6.54 Å². The maximum atomic E-state index is 11.0. The Morgan fingerprint density at radius 2 is 2.20 bits per heavy atom. The van der Waals surface area contributed by atoms with Crippen LogP contribution in [0.5, 0.6) is 0 Å². The van der Waals surface area contributed by atoms with Gasteiger partial charge in [-0.1, -0.05) is 13.3 Å². The molecule has 2 bridgehead atoms. The van der Waals surface area contributed by atoms with Crippen LogP contribution in [0.4, 0.5) is 0 Å². The van der Waals surface area contributed by atoms with E-state index in [1.807, 2.05) is 12.4 Å². The van der Waals surface area contributed by atoms with E-state index in [-0.39, 0.29) is 12.7 Å². The van der Waals surface area contributed by atoms with Gasteiger partial charge in [-0.25, -0.2) is 4.98 Å². The first-order chi connectivity index (χ1) is 14.4. The molecule has 3 fully saturated rings. The molecular weight excluding hydrogens is 375 g/mol. The van der Waals surface area contributed by atoms with Crippen LogP contribution in [-0.2, 0) is 4.65 Å². The Hall–Kier alpha value is -1.86. The van der Waals surface area contributed by atoms with E-state index in [0.717, 1.165) is 61.6 Å². The molecule has 2 aliphatic heterocycles. The van der Waals surface area contributed by atoms with Crippen molar-refractivity contribution in [2.24, 2.45) is 22.9 Å². The first kappa shape index (κ1) is 18.9. The predicted octanol–water partition coefficient (Wildman–Crippen LogP) is 3.05. The topological polar surface area (TPSA) is 73.7 Å². The van der Waals surface area contributed by atoms with E-state index < -0.39 is 5.60 Å². The minimum atomic E-state index is -0.456. The molecule has 2 N–H and O–H groups in total. The van der Waals surface area contributed by atoms with Gasteiger partial charge in [0, 0.05) is 46.9 Å². The van der Waals surface area contributed by atoms with Crippen LogP contribution in [0, 0.1) is 17.8 Å². The van der Waals surface area contributed by atoms with Gasteiger partial charge in [-0.3, -0.25) is 0 Å². The van der Waals surface area contributed by atoms with Gasteiger partial charge < -0.3 is 19.7 Å². The van der Waals surface area contributed by atoms with Crippen molar-refractivity contribution in [3.8, 4) is 0 Å². The van der Waals surface area contributed by atoms with Crippen molar-refractivity contribution in [3.63, 3.8) is 0 Å². The van der Waals surface area contributed by atoms with Crippen molar-refractivity contribution >= 4 is 29.3 Å². The summed E-state index contributed by atoms with van der Waals surface area (Å²) in [5.74, 6) is 1.35. The fourth-order valence-corrected chi connectivity index (χ4v) is 6.65. The smallest absolute Gasteiger partial charge is 0.407 e. The van der Waals surface area contributed by atoms with Crippen LogP contribution in [0.1, 0.15) is 64.9 Å². The van der Waals surface area contributed by atoms with Gasteiger partial charge in [-0.15, -0.1) is 0 Å². The van der Waals surface area contributed by atoms with Crippen LogP contribution in [0.25, 0.3) is 11.0 Å². The number of hydrogen-bond acceptors (Lipinski definition) is 5. The van der Waals surface area contributed by atoms with Crippen LogP contribution in [0.15, 0.2) is 23.6 Å². The molecule has 2 aromatic heterocycles. The molecule has 6 rings (SSSR count). The number of rotatable bonds is 2. The lowest BCUT2D eigenvalue weighted by Gasteiger charge is -2.46. The predicted molar refractivity (Wildman–Crippen MR) is 119 cm³/mol. The van der Waals surface area contributed by atoms with Crippen molar-refractivity contribution in [3.05, 3.63) is 24.0 Å². The number of nitrogens with zero attached hydrogens (tertiary/aromatic N) is 3. The van der Waals surface area contributed by atoms with Crippen molar-refractivity contribution in [2.45, 2.75) is 70.5 Å². The summed E-state index contributed by atoms with van der Waals surface area (Å²) >= 11 is 0. The lowest BCUT2D eigenvalue weighted by atomic mass is 9.61. The highest BCUT2D eigenvalue weighted by Gasteiger charge is 2.53. The largest absolute Gasteiger partial charge is 0.471 e. The Kier molecular flexibility index (Phi) is 3.98. The highest BCUT2D eigenvalue weighted by Crippen LogP contribution is 2.53. The summed E-state index contributed by atoms with van der Waals surface area (Å²) < 4.78 is 6.52. The summed E-state index contributed by atoms with van der Waals surface area (Å²) in [6.45, 7) is 7.49. The van der Waals surface area contributed by atoms with Crippen LogP contribution < -0.4 is 5.46 Å². The summed E-state index contributed by atoms with van der Waals surface area (Å²) in [4.78, 5) is 10.2. The Balaban J connectivity index is 1.53. The zero-order chi connectivity index (χ0) is 20.7. The average molecular weight is 406 g/mol. The maximum Gasteiger partial charge on any atom is 0.471 e. The van der Waals surface area contributed by atoms with Gasteiger partial charge in [0.15, 0.2) is 0 Å². The molecule has 158 valence electrons. The number of hydrazone groups is 1. The fourth-order valence-electron chi connectivity index (χ4n) is 6.65. The standard InChI is InChI=1S/C23H31BN4O2/c1-4-14-11-23(29)7-5-15(12-23)18(14)20-19-16-6-9-25-21(16)26-13-17(19)24-28(27-20)10-8-22(2,3)30-24/h6,9,13-15,18,29H,4-5,7-8,10-12H2,1-3H3,(H,25,26)/t14-,15+,18-,23-/m1/s1. The maximum absolute atomic E-state index is 11.0. The summed E-state index contributed by atoms with van der Waals surface area (Å²) in [5, 5.41) is 17.5. The van der Waals surface area contributed by atoms with Crippen LogP contribution in [0.3, 0.4) is 0 Å². The summed E-state index contributed by atoms with van der Waals surface area (Å²) in [6.07, 6.45) is 9.85. The summed E-state index contributed by atoms with van der Waals surface area (Å²) in [5.41, 5.74) is 3.86. The molecule has 2 saturated carbocycles. The minimum absolute atomic E-state index is 0.169. The van der Waals surface area contributed by atoms with Gasteiger partial charge in [0.2, 0.25) is 0 Å². The van der Waals surface area contributed by atoms with E-state index in [9.17, 15) is 5.11 Å². The Labute approximate surface area is 178 Å². The summed E-state index contributed by atoms with van der Waals surface area (Å²) in [7, 11) is -0.177. The molecule has 2 aromatic rings. The van der Waals surface area contributed by atoms with E-state index in [1.165, 1.54) is 11.3 Å². The molecule has 2 aliphatic carbocycles. The lowest BCUT2D eigenvalue weighted by Crippen LogP contribution is -2.61. The SMILES string of the molecule is CC[C@@H]1C[C@]2(O)CC[C@@H](C2)[C@@H]1C1=NN2CCC(C)(C)OB2c2cnc3[nH]ccc3c21. The number of aromatic nitrogens is 2. The van der Waals surface area contributed by atoms with Crippen LogP contribution >= 0.6 is 0 Å². The third-order valence-electron chi connectivity index (χ3n) is 8.14. The Bertz CT molecular complexity index is 1030. The number of hydrogen-bond donors (Lipinski definition) is 2. The molecule has 30 heavy (non-hydrogen) atoms. The molecule has 0 radical (unpaired) electrons. The summed E-state index contributed by atoms with van der Waals surface area (Å²) in [6, 6.07) is 2.13. The van der Waals surface area contributed by atoms with E-state index in [1.54, 1.807) is 0 Å². The van der Waals surface area contributed by atoms with Gasteiger partial charge in [-0.2, -0.15) is 5.10 Å². The normalized spacial score (nSPS) is 34.7. The van der Waals surface area contributed by atoms with E-state index in [2.05, 4.69) is 36.7 Å². The number of nitrogens with one attached hydrogen (secondary N) is 1. The first-order valence-corrected chi connectivity index (χ1v) is 11.6. The number of aliphatic hydroxyl groups is 1. The third kappa shape index (κ3) is 2.71. The molecule has 1 saturated heterocycles. The highest BCUT2D eigenvalue weighted by atomic mass is 16.5. The van der Waals surface area contributed by atoms with E-state index in [4.69, 9.17) is 14.7 Å². The second-order valence-electron chi connectivity index (χ2n) is 10.6. The molecule has 0 aromatic carbocycles. The van der Waals surface area contributed by atoms with Crippen molar-refractivity contribution < 1.29 is 9.76 Å². The van der Waals surface area contributed by atoms with Gasteiger partial charge in [0.1, 0.15) is 5.65 Å². The van der Waals surface area contributed by atoms with E-state index in [0.29, 0.717) is 17.8 Å². The second kappa shape index (κ2) is 6.33. The average Bonchev–Trinajstić information content (AvgIpc) is 3.31. The minimum Gasteiger partial charge on any atom is -0.407 e. The molecule has 4 heterocycles. The fraction of sp³-hybridized carbons (Fsp3) is 0.652. The highest BCUT2D eigenvalue weighted by molar-refractivity contribution is 6.68. The molecule has 7 heteroatoms. The zero-order valence-corrected chi connectivity index (χ0v) is 18.2. The third-order valence-corrected chi connectivity index (χ3v) is 8.14. The Morgan fingerprint density at radius 3 is 3.03 bits per heavy atom. The second-order valence-corrected chi connectivity index (χ2v) is 10.6. The number of fused-ring (bicyclic) bond motifs is 7. The first-order valence-electron chi connectivity index (χ1n) is 11.6. The van der Waals surface area contributed by atoms with Gasteiger partial charge >= 0.3 is 7.05 Å². The number of aromatic amines is 1. The molecule has 4 atom stereocenters. The van der Waals surface area contributed by atoms with Crippen LogP contribution in [-0.4, -0.2) is 50.5 Å². The van der Waals surface area contributed by atoms with Gasteiger partial charge in [-0.05, 0) is 63.9 Å². The van der Waals surface area contributed by atoms with Gasteiger partial charge in [0.25, 0.3) is 0 Å². The molecule has 0 unspecified atom stereocenters. The lowest BCUT2D eigenvalue weighted by molar-refractivity contribution is -0.0125. The van der Waals surface area contributed by atoms with Crippen LogP contribution in [0.2, 0.25) is 0 Å². The zero-order valence-electron chi connectivity index (χ0n) is 18.2. The van der Waals surface area contributed by atoms with Crippen molar-refractivity contribution in [1.82, 2.24) is 14.9 Å². The quantitative estimate of drug-likeness (QED) is 0.752. The van der Waals surface area contributed by atoms with E-state index >= 15 is 0 Å². The molecular formula is C23H31BN4O2.